The average Bonchev–Trinajstić information content (AvgIpc) is 2.75. The van der Waals surface area contributed by atoms with Gasteiger partial charge in [0.25, 0.3) is 5.91 Å². The summed E-state index contributed by atoms with van der Waals surface area (Å²) in [5.41, 5.74) is 3.22. The zero-order valence-corrected chi connectivity index (χ0v) is 18.3. The van der Waals surface area contributed by atoms with Gasteiger partial charge in [0.2, 0.25) is 10.0 Å². The van der Waals surface area contributed by atoms with Gasteiger partial charge in [-0.05, 0) is 66.4 Å². The maximum atomic E-state index is 13.3. The molecular weight excluding hydrogens is 439 g/mol. The van der Waals surface area contributed by atoms with E-state index in [1.54, 1.807) is 6.92 Å². The predicted molar refractivity (Wildman–Crippen MR) is 118 cm³/mol. The number of rotatable bonds is 4. The number of aryl methyl sites for hydroxylation is 1. The van der Waals surface area contributed by atoms with Gasteiger partial charge in [0.15, 0.2) is 0 Å². The molecule has 0 aromatic heterocycles. The number of hydrogen-bond donors (Lipinski definition) is 1. The van der Waals surface area contributed by atoms with E-state index >= 15 is 0 Å². The first-order valence-electron chi connectivity index (χ1n) is 9.70. The fourth-order valence-electron chi connectivity index (χ4n) is 3.62. The number of nitrogens with one attached hydrogen (secondary N) is 1. The molecule has 1 N–H and O–H groups in total. The van der Waals surface area contributed by atoms with Crippen LogP contribution in [0.2, 0.25) is 5.02 Å². The minimum atomic E-state index is -3.91. The first-order chi connectivity index (χ1) is 14.8. The maximum absolute atomic E-state index is 13.3. The molecule has 3 aromatic carbocycles. The second kappa shape index (κ2) is 8.42. The Labute approximate surface area is 185 Å². The van der Waals surface area contributed by atoms with Crippen LogP contribution in [0.5, 0.6) is 0 Å². The quantitative estimate of drug-likeness (QED) is 0.611. The highest BCUT2D eigenvalue weighted by Gasteiger charge is 2.30. The van der Waals surface area contributed by atoms with Crippen molar-refractivity contribution in [1.29, 1.82) is 0 Å². The molecule has 0 fully saturated rings. The summed E-state index contributed by atoms with van der Waals surface area (Å²) >= 11 is 6.23. The van der Waals surface area contributed by atoms with Gasteiger partial charge in [-0.2, -0.15) is 4.31 Å². The lowest BCUT2D eigenvalue weighted by atomic mass is 10.0. The van der Waals surface area contributed by atoms with E-state index in [-0.39, 0.29) is 22.0 Å². The number of sulfonamides is 1. The van der Waals surface area contributed by atoms with E-state index in [1.165, 1.54) is 40.7 Å². The average molecular weight is 459 g/mol. The van der Waals surface area contributed by atoms with Crippen molar-refractivity contribution in [3.05, 3.63) is 93.8 Å². The van der Waals surface area contributed by atoms with Crippen LogP contribution in [0, 0.1) is 12.7 Å². The SMILES string of the molecule is Cc1cc(F)ccc1NC(=O)c1ccc(Cl)c(S(=O)(=O)N2CCc3ccccc3C2)c1. The number of amides is 1. The third kappa shape index (κ3) is 4.35. The third-order valence-electron chi connectivity index (χ3n) is 5.34. The minimum absolute atomic E-state index is 0.0494. The van der Waals surface area contributed by atoms with Crippen LogP contribution in [0.3, 0.4) is 0 Å². The molecule has 8 heteroatoms. The van der Waals surface area contributed by atoms with E-state index in [0.29, 0.717) is 24.2 Å². The Hall–Kier alpha value is -2.74. The lowest BCUT2D eigenvalue weighted by Gasteiger charge is -2.28. The molecule has 0 saturated carbocycles. The topological polar surface area (TPSA) is 66.5 Å². The van der Waals surface area contributed by atoms with Crippen LogP contribution in [0.15, 0.2) is 65.6 Å². The van der Waals surface area contributed by atoms with Crippen molar-refractivity contribution in [2.75, 3.05) is 11.9 Å². The Bertz CT molecular complexity index is 1280. The van der Waals surface area contributed by atoms with E-state index in [0.717, 1.165) is 11.1 Å². The van der Waals surface area contributed by atoms with E-state index in [9.17, 15) is 17.6 Å². The number of carbonyl (C=O) groups is 1. The Balaban J connectivity index is 1.62. The van der Waals surface area contributed by atoms with Gasteiger partial charge in [-0.1, -0.05) is 35.9 Å². The molecule has 0 aliphatic carbocycles. The molecule has 3 aromatic rings. The first-order valence-corrected chi connectivity index (χ1v) is 11.5. The summed E-state index contributed by atoms with van der Waals surface area (Å²) in [6.45, 7) is 2.26. The van der Waals surface area contributed by atoms with Crippen LogP contribution in [0.25, 0.3) is 0 Å². The van der Waals surface area contributed by atoms with Gasteiger partial charge in [0.05, 0.1) is 5.02 Å². The standard InChI is InChI=1S/C23H20ClFN2O3S/c1-15-12-19(25)7-9-21(15)26-23(28)17-6-8-20(24)22(13-17)31(29,30)27-11-10-16-4-2-3-5-18(16)14-27/h2-9,12-13H,10-11,14H2,1H3,(H,26,28). The van der Waals surface area contributed by atoms with E-state index in [2.05, 4.69) is 5.32 Å². The van der Waals surface area contributed by atoms with Crippen molar-refractivity contribution < 1.29 is 17.6 Å². The van der Waals surface area contributed by atoms with E-state index < -0.39 is 21.7 Å². The third-order valence-corrected chi connectivity index (χ3v) is 7.67. The van der Waals surface area contributed by atoms with Crippen LogP contribution in [-0.2, 0) is 23.0 Å². The lowest BCUT2D eigenvalue weighted by molar-refractivity contribution is 0.102. The van der Waals surface area contributed by atoms with Gasteiger partial charge in [-0.15, -0.1) is 0 Å². The highest BCUT2D eigenvalue weighted by atomic mass is 35.5. The van der Waals surface area contributed by atoms with Gasteiger partial charge in [-0.25, -0.2) is 12.8 Å². The summed E-state index contributed by atoms with van der Waals surface area (Å²) in [5.74, 6) is -0.912. The van der Waals surface area contributed by atoms with E-state index in [4.69, 9.17) is 11.6 Å². The molecule has 160 valence electrons. The Morgan fingerprint density at radius 1 is 1.06 bits per heavy atom. The van der Waals surface area contributed by atoms with Crippen molar-refractivity contribution in [3.8, 4) is 0 Å². The van der Waals surface area contributed by atoms with Crippen molar-refractivity contribution in [2.45, 2.75) is 24.8 Å². The fourth-order valence-corrected chi connectivity index (χ4v) is 5.54. The molecule has 0 saturated heterocycles. The summed E-state index contributed by atoms with van der Waals surface area (Å²) in [6, 6.07) is 15.9. The Morgan fingerprint density at radius 3 is 2.55 bits per heavy atom. The van der Waals surface area contributed by atoms with E-state index in [1.807, 2.05) is 24.3 Å². The number of hydrogen-bond acceptors (Lipinski definition) is 3. The molecular formula is C23H20ClFN2O3S. The zero-order chi connectivity index (χ0) is 22.2. The van der Waals surface area contributed by atoms with Crippen LogP contribution in [-0.4, -0.2) is 25.2 Å². The summed E-state index contributed by atoms with van der Waals surface area (Å²) in [5, 5.41) is 2.74. The van der Waals surface area contributed by atoms with Crippen LogP contribution in [0.1, 0.15) is 27.0 Å². The normalized spacial score (nSPS) is 14.2. The summed E-state index contributed by atoms with van der Waals surface area (Å²) in [6.07, 6.45) is 0.608. The van der Waals surface area contributed by atoms with Gasteiger partial charge in [0.1, 0.15) is 10.7 Å². The van der Waals surface area contributed by atoms with Crippen molar-refractivity contribution >= 4 is 33.2 Å². The summed E-state index contributed by atoms with van der Waals surface area (Å²) in [4.78, 5) is 12.6. The number of nitrogens with zero attached hydrogens (tertiary/aromatic N) is 1. The molecule has 0 radical (unpaired) electrons. The molecule has 1 amide bonds. The molecule has 0 unspecified atom stereocenters. The molecule has 5 nitrogen and oxygen atoms in total. The van der Waals surface area contributed by atoms with Gasteiger partial charge in [0, 0.05) is 24.3 Å². The molecule has 1 heterocycles. The zero-order valence-electron chi connectivity index (χ0n) is 16.7. The minimum Gasteiger partial charge on any atom is -0.322 e. The van der Waals surface area contributed by atoms with Crippen molar-refractivity contribution in [1.82, 2.24) is 4.31 Å². The molecule has 4 rings (SSSR count). The van der Waals surface area contributed by atoms with Crippen LogP contribution < -0.4 is 5.32 Å². The summed E-state index contributed by atoms with van der Waals surface area (Å²) < 4.78 is 41.3. The highest BCUT2D eigenvalue weighted by molar-refractivity contribution is 7.89. The van der Waals surface area contributed by atoms with Gasteiger partial charge >= 0.3 is 0 Å². The smallest absolute Gasteiger partial charge is 0.255 e. The number of anilines is 1. The Kier molecular flexibility index (Phi) is 5.83. The maximum Gasteiger partial charge on any atom is 0.255 e. The Morgan fingerprint density at radius 2 is 1.81 bits per heavy atom. The number of halogens is 2. The van der Waals surface area contributed by atoms with Gasteiger partial charge in [-0.3, -0.25) is 4.79 Å². The highest BCUT2D eigenvalue weighted by Crippen LogP contribution is 2.30. The monoisotopic (exact) mass is 458 g/mol. The fraction of sp³-hybridized carbons (Fsp3) is 0.174. The van der Waals surface area contributed by atoms with Crippen LogP contribution in [0.4, 0.5) is 10.1 Å². The van der Waals surface area contributed by atoms with Gasteiger partial charge < -0.3 is 5.32 Å². The predicted octanol–water partition coefficient (Wildman–Crippen LogP) is 4.79. The molecule has 0 atom stereocenters. The molecule has 1 aliphatic heterocycles. The molecule has 31 heavy (non-hydrogen) atoms. The number of carbonyl (C=O) groups excluding carboxylic acids is 1. The van der Waals surface area contributed by atoms with Crippen molar-refractivity contribution in [2.24, 2.45) is 0 Å². The lowest BCUT2D eigenvalue weighted by Crippen LogP contribution is -2.36. The summed E-state index contributed by atoms with van der Waals surface area (Å²) in [7, 11) is -3.91. The first kappa shape index (κ1) is 21.5. The molecule has 1 aliphatic rings. The number of benzene rings is 3. The second-order valence-corrected chi connectivity index (χ2v) is 9.73. The van der Waals surface area contributed by atoms with Crippen molar-refractivity contribution in [3.63, 3.8) is 0 Å². The molecule has 0 bridgehead atoms. The van der Waals surface area contributed by atoms with Crippen LogP contribution >= 0.6 is 11.6 Å². The molecule has 0 spiro atoms. The number of fused-ring (bicyclic) bond motifs is 1. The second-order valence-electron chi connectivity index (χ2n) is 7.42. The largest absolute Gasteiger partial charge is 0.322 e.